The molecule has 88 valence electrons. The van der Waals surface area contributed by atoms with Crippen LogP contribution in [0.3, 0.4) is 0 Å². The van der Waals surface area contributed by atoms with Crippen molar-refractivity contribution in [2.24, 2.45) is 11.7 Å². The zero-order chi connectivity index (χ0) is 11.9. The second kappa shape index (κ2) is 4.53. The SMILES string of the molecule is CC1CN(C(=O)c2cc(Cl)sc2Cl)CC1N. The van der Waals surface area contributed by atoms with E-state index in [1.54, 1.807) is 11.0 Å². The van der Waals surface area contributed by atoms with E-state index in [0.29, 0.717) is 33.2 Å². The first-order chi connectivity index (χ1) is 7.49. The number of likely N-dealkylation sites (tertiary alicyclic amines) is 1. The normalized spacial score (nSPS) is 25.1. The molecule has 1 fully saturated rings. The Hall–Kier alpha value is -0.290. The Balaban J connectivity index is 2.17. The molecule has 2 rings (SSSR count). The first-order valence-electron chi connectivity index (χ1n) is 4.98. The van der Waals surface area contributed by atoms with Gasteiger partial charge in [-0.1, -0.05) is 30.1 Å². The molecular formula is C10H12Cl2N2OS. The van der Waals surface area contributed by atoms with Crippen molar-refractivity contribution >= 4 is 40.4 Å². The van der Waals surface area contributed by atoms with Gasteiger partial charge in [-0.2, -0.15) is 0 Å². The van der Waals surface area contributed by atoms with Gasteiger partial charge in [-0.3, -0.25) is 4.79 Å². The summed E-state index contributed by atoms with van der Waals surface area (Å²) in [4.78, 5) is 13.8. The Morgan fingerprint density at radius 3 is 2.69 bits per heavy atom. The Labute approximate surface area is 108 Å². The van der Waals surface area contributed by atoms with E-state index in [1.807, 2.05) is 6.92 Å². The molecular weight excluding hydrogens is 267 g/mol. The van der Waals surface area contributed by atoms with E-state index < -0.39 is 0 Å². The lowest BCUT2D eigenvalue weighted by Crippen LogP contribution is -2.32. The second-order valence-electron chi connectivity index (χ2n) is 4.09. The molecule has 1 aromatic rings. The summed E-state index contributed by atoms with van der Waals surface area (Å²) in [5, 5.41) is 0. The van der Waals surface area contributed by atoms with Gasteiger partial charge in [-0.05, 0) is 12.0 Å². The molecule has 3 nitrogen and oxygen atoms in total. The topological polar surface area (TPSA) is 46.3 Å². The highest BCUT2D eigenvalue weighted by Crippen LogP contribution is 2.32. The van der Waals surface area contributed by atoms with Crippen molar-refractivity contribution in [2.75, 3.05) is 13.1 Å². The lowest BCUT2D eigenvalue weighted by molar-refractivity contribution is 0.0787. The highest BCUT2D eigenvalue weighted by molar-refractivity contribution is 7.20. The molecule has 0 radical (unpaired) electrons. The van der Waals surface area contributed by atoms with Crippen LogP contribution in [0.5, 0.6) is 0 Å². The van der Waals surface area contributed by atoms with E-state index in [0.717, 1.165) is 0 Å². The molecule has 2 heterocycles. The van der Waals surface area contributed by atoms with Crippen molar-refractivity contribution in [3.8, 4) is 0 Å². The van der Waals surface area contributed by atoms with Crippen molar-refractivity contribution in [1.29, 1.82) is 0 Å². The standard InChI is InChI=1S/C10H12Cl2N2OS/c1-5-3-14(4-7(5)13)10(15)6-2-8(11)16-9(6)12/h2,5,7H,3-4,13H2,1H3. The van der Waals surface area contributed by atoms with Gasteiger partial charge in [0.2, 0.25) is 0 Å². The van der Waals surface area contributed by atoms with E-state index in [1.165, 1.54) is 11.3 Å². The molecule has 2 N–H and O–H groups in total. The van der Waals surface area contributed by atoms with Gasteiger partial charge in [0.1, 0.15) is 4.34 Å². The fraction of sp³-hybridized carbons (Fsp3) is 0.500. The van der Waals surface area contributed by atoms with Crippen molar-refractivity contribution in [3.05, 3.63) is 20.3 Å². The average molecular weight is 279 g/mol. The third-order valence-corrected chi connectivity index (χ3v) is 4.33. The molecule has 16 heavy (non-hydrogen) atoms. The smallest absolute Gasteiger partial charge is 0.256 e. The maximum absolute atomic E-state index is 12.1. The fourth-order valence-corrected chi connectivity index (χ4v) is 3.26. The summed E-state index contributed by atoms with van der Waals surface area (Å²) < 4.78 is 0.980. The molecule has 1 aromatic heterocycles. The van der Waals surface area contributed by atoms with Gasteiger partial charge in [0.15, 0.2) is 0 Å². The molecule has 1 aliphatic heterocycles. The Bertz CT molecular complexity index is 411. The molecule has 1 amide bonds. The molecule has 1 aliphatic rings. The van der Waals surface area contributed by atoms with Gasteiger partial charge < -0.3 is 10.6 Å². The highest BCUT2D eigenvalue weighted by atomic mass is 35.5. The minimum absolute atomic E-state index is 0.0526. The number of nitrogens with two attached hydrogens (primary N) is 1. The van der Waals surface area contributed by atoms with Crippen molar-refractivity contribution in [3.63, 3.8) is 0 Å². The quantitative estimate of drug-likeness (QED) is 0.858. The second-order valence-corrected chi connectivity index (χ2v) is 6.37. The summed E-state index contributed by atoms with van der Waals surface area (Å²) in [5.74, 6) is 0.254. The molecule has 0 bridgehead atoms. The van der Waals surface area contributed by atoms with Crippen LogP contribution in [0.25, 0.3) is 0 Å². The monoisotopic (exact) mass is 278 g/mol. The summed E-state index contributed by atoms with van der Waals surface area (Å²) in [6.07, 6.45) is 0. The van der Waals surface area contributed by atoms with Crippen molar-refractivity contribution in [1.82, 2.24) is 4.90 Å². The maximum atomic E-state index is 12.1. The minimum atomic E-state index is -0.0760. The molecule has 0 aliphatic carbocycles. The first kappa shape index (κ1) is 12.2. The Morgan fingerprint density at radius 2 is 2.25 bits per heavy atom. The third kappa shape index (κ3) is 2.20. The zero-order valence-corrected chi connectivity index (χ0v) is 11.1. The third-order valence-electron chi connectivity index (χ3n) is 2.84. The zero-order valence-electron chi connectivity index (χ0n) is 8.74. The lowest BCUT2D eigenvalue weighted by Gasteiger charge is -2.15. The molecule has 1 saturated heterocycles. The Kier molecular flexibility index (Phi) is 3.45. The van der Waals surface area contributed by atoms with E-state index >= 15 is 0 Å². The van der Waals surface area contributed by atoms with Gasteiger partial charge in [0.05, 0.1) is 9.90 Å². The first-order valence-corrected chi connectivity index (χ1v) is 6.56. The summed E-state index contributed by atoms with van der Waals surface area (Å²) in [6, 6.07) is 1.67. The summed E-state index contributed by atoms with van der Waals surface area (Å²) in [7, 11) is 0. The maximum Gasteiger partial charge on any atom is 0.256 e. The van der Waals surface area contributed by atoms with Crippen LogP contribution in [0.1, 0.15) is 17.3 Å². The molecule has 0 spiro atoms. The molecule has 0 saturated carbocycles. The average Bonchev–Trinajstić information content (AvgIpc) is 2.70. The minimum Gasteiger partial charge on any atom is -0.337 e. The lowest BCUT2D eigenvalue weighted by atomic mass is 10.1. The van der Waals surface area contributed by atoms with Crippen LogP contribution in [0.4, 0.5) is 0 Å². The number of hydrogen-bond acceptors (Lipinski definition) is 3. The number of thiophene rings is 1. The number of carbonyl (C=O) groups is 1. The van der Waals surface area contributed by atoms with Gasteiger partial charge in [-0.15, -0.1) is 11.3 Å². The van der Waals surface area contributed by atoms with E-state index in [-0.39, 0.29) is 11.9 Å². The Morgan fingerprint density at radius 1 is 1.56 bits per heavy atom. The van der Waals surface area contributed by atoms with Crippen LogP contribution in [0, 0.1) is 5.92 Å². The van der Waals surface area contributed by atoms with E-state index in [9.17, 15) is 4.79 Å². The van der Waals surface area contributed by atoms with Crippen LogP contribution < -0.4 is 5.73 Å². The predicted octanol–water partition coefficient (Wildman–Crippen LogP) is 2.47. The van der Waals surface area contributed by atoms with Crippen LogP contribution in [0.15, 0.2) is 6.07 Å². The highest BCUT2D eigenvalue weighted by Gasteiger charge is 2.31. The largest absolute Gasteiger partial charge is 0.337 e. The fourth-order valence-electron chi connectivity index (χ4n) is 1.81. The molecule has 6 heteroatoms. The molecule has 2 atom stereocenters. The van der Waals surface area contributed by atoms with Crippen LogP contribution in [0.2, 0.25) is 8.67 Å². The number of halogens is 2. The van der Waals surface area contributed by atoms with Crippen molar-refractivity contribution in [2.45, 2.75) is 13.0 Å². The number of carbonyl (C=O) groups excluding carboxylic acids is 1. The van der Waals surface area contributed by atoms with E-state index in [4.69, 9.17) is 28.9 Å². The van der Waals surface area contributed by atoms with Crippen molar-refractivity contribution < 1.29 is 4.79 Å². The van der Waals surface area contributed by atoms with Gasteiger partial charge in [0, 0.05) is 19.1 Å². The van der Waals surface area contributed by atoms with E-state index in [2.05, 4.69) is 0 Å². The number of rotatable bonds is 1. The molecule has 2 unspecified atom stereocenters. The number of nitrogens with zero attached hydrogens (tertiary/aromatic N) is 1. The van der Waals surface area contributed by atoms with Gasteiger partial charge in [0.25, 0.3) is 5.91 Å². The predicted molar refractivity (Wildman–Crippen MR) is 67.4 cm³/mol. The van der Waals surface area contributed by atoms with Crippen LogP contribution >= 0.6 is 34.5 Å². The van der Waals surface area contributed by atoms with Crippen LogP contribution in [-0.2, 0) is 0 Å². The van der Waals surface area contributed by atoms with Crippen LogP contribution in [-0.4, -0.2) is 29.9 Å². The summed E-state index contributed by atoms with van der Waals surface area (Å²) >= 11 is 13.0. The molecule has 0 aromatic carbocycles. The number of hydrogen-bond donors (Lipinski definition) is 1. The van der Waals surface area contributed by atoms with Gasteiger partial charge in [-0.25, -0.2) is 0 Å². The van der Waals surface area contributed by atoms with Gasteiger partial charge >= 0.3 is 0 Å². The summed E-state index contributed by atoms with van der Waals surface area (Å²) in [5.41, 5.74) is 6.36. The number of amides is 1. The summed E-state index contributed by atoms with van der Waals surface area (Å²) in [6.45, 7) is 3.31.